The fraction of sp³-hybridized carbons (Fsp3) is 0.0769. The molecule has 0 unspecified atom stereocenters. The molecule has 0 atom stereocenters. The van der Waals surface area contributed by atoms with Crippen molar-refractivity contribution in [2.24, 2.45) is 0 Å². The van der Waals surface area contributed by atoms with E-state index in [1.165, 1.54) is 27.9 Å². The lowest BCUT2D eigenvalue weighted by Gasteiger charge is -2.47. The molecule has 0 bridgehead atoms. The van der Waals surface area contributed by atoms with Gasteiger partial charge in [-0.3, -0.25) is 0 Å². The van der Waals surface area contributed by atoms with Gasteiger partial charge in [-0.15, -0.1) is 0 Å². The number of anilines is 6. The van der Waals surface area contributed by atoms with Crippen LogP contribution in [0.25, 0.3) is 11.1 Å². The maximum absolute atomic E-state index is 6.59. The van der Waals surface area contributed by atoms with E-state index >= 15 is 0 Å². The van der Waals surface area contributed by atoms with Gasteiger partial charge in [-0.05, 0) is 71.3 Å². The van der Waals surface area contributed by atoms with Gasteiger partial charge in [0.05, 0.1) is 22.7 Å². The molecular weight excluding hydrogens is 512 g/mol. The van der Waals surface area contributed by atoms with Crippen LogP contribution in [0.15, 0.2) is 146 Å². The average molecular weight is 543 g/mol. The van der Waals surface area contributed by atoms with Gasteiger partial charge in [0.15, 0.2) is 11.5 Å². The van der Waals surface area contributed by atoms with E-state index in [0.29, 0.717) is 0 Å². The number of benzene rings is 6. The Morgan fingerprint density at radius 3 is 1.81 bits per heavy atom. The van der Waals surface area contributed by atoms with Crippen molar-refractivity contribution in [1.82, 2.24) is 0 Å². The molecule has 0 aromatic heterocycles. The van der Waals surface area contributed by atoms with Crippen LogP contribution in [0.3, 0.4) is 0 Å². The highest BCUT2D eigenvalue weighted by Gasteiger charge is 2.45. The van der Waals surface area contributed by atoms with E-state index in [4.69, 9.17) is 4.74 Å². The Morgan fingerprint density at radius 1 is 0.524 bits per heavy atom. The SMILES string of the molecule is CC1(C)c2c(N(c3ccccc3)c3ccccc3)cccc2N2c3ccccc3Oc3ccc(-c4ccccc4)c1c32. The summed E-state index contributed by atoms with van der Waals surface area (Å²) in [4.78, 5) is 4.82. The van der Waals surface area contributed by atoms with Crippen molar-refractivity contribution in [3.8, 4) is 22.6 Å². The van der Waals surface area contributed by atoms with Crippen molar-refractivity contribution in [2.75, 3.05) is 9.80 Å². The Bertz CT molecular complexity index is 1890. The largest absolute Gasteiger partial charge is 0.453 e. The average Bonchev–Trinajstić information content (AvgIpc) is 3.04. The van der Waals surface area contributed by atoms with Gasteiger partial charge in [0.2, 0.25) is 0 Å². The van der Waals surface area contributed by atoms with Crippen LogP contribution >= 0.6 is 0 Å². The molecule has 42 heavy (non-hydrogen) atoms. The first-order chi connectivity index (χ1) is 20.6. The van der Waals surface area contributed by atoms with Gasteiger partial charge in [-0.25, -0.2) is 0 Å². The lowest BCUT2D eigenvalue weighted by molar-refractivity contribution is 0.471. The van der Waals surface area contributed by atoms with E-state index < -0.39 is 0 Å². The summed E-state index contributed by atoms with van der Waals surface area (Å²) in [5.41, 5.74) is 11.3. The molecule has 0 amide bonds. The minimum Gasteiger partial charge on any atom is -0.453 e. The molecule has 2 heterocycles. The minimum atomic E-state index is -0.365. The Hall–Kier alpha value is -5.28. The first kappa shape index (κ1) is 24.5. The van der Waals surface area contributed by atoms with Crippen LogP contribution in [0.1, 0.15) is 25.0 Å². The molecule has 3 heteroatoms. The Labute approximate surface area is 246 Å². The molecule has 202 valence electrons. The summed E-state index contributed by atoms with van der Waals surface area (Å²) in [6, 6.07) is 51.5. The third-order valence-electron chi connectivity index (χ3n) is 8.56. The monoisotopic (exact) mass is 542 g/mol. The first-order valence-electron chi connectivity index (χ1n) is 14.5. The smallest absolute Gasteiger partial charge is 0.151 e. The van der Waals surface area contributed by atoms with E-state index in [0.717, 1.165) is 39.9 Å². The predicted molar refractivity (Wildman–Crippen MR) is 173 cm³/mol. The van der Waals surface area contributed by atoms with Gasteiger partial charge in [0.25, 0.3) is 0 Å². The Balaban J connectivity index is 1.48. The van der Waals surface area contributed by atoms with Crippen LogP contribution in [0, 0.1) is 0 Å². The lowest BCUT2D eigenvalue weighted by atomic mass is 9.69. The zero-order valence-corrected chi connectivity index (χ0v) is 23.7. The standard InChI is InChI=1S/C39H30N2O/c1-39(2)36-30(27-15-6-3-7-16-27)25-26-35-38(36)41(31-21-12-13-24-34(31)42-35)33-23-14-22-32(37(33)39)40(28-17-8-4-9-18-28)29-19-10-5-11-20-29/h3-26H,1-2H3. The quantitative estimate of drug-likeness (QED) is 0.220. The molecule has 8 rings (SSSR count). The topological polar surface area (TPSA) is 15.7 Å². The number of fused-ring (bicyclic) bond motifs is 4. The van der Waals surface area contributed by atoms with Crippen molar-refractivity contribution in [3.63, 3.8) is 0 Å². The minimum absolute atomic E-state index is 0.365. The summed E-state index contributed by atoms with van der Waals surface area (Å²) in [6.45, 7) is 4.73. The molecule has 0 aliphatic carbocycles. The summed E-state index contributed by atoms with van der Waals surface area (Å²) in [5.74, 6) is 1.75. The molecular formula is C39H30N2O. The van der Waals surface area contributed by atoms with E-state index in [1.54, 1.807) is 0 Å². The Morgan fingerprint density at radius 2 is 1.12 bits per heavy atom. The normalized spacial score (nSPS) is 13.8. The maximum Gasteiger partial charge on any atom is 0.151 e. The van der Waals surface area contributed by atoms with E-state index in [9.17, 15) is 0 Å². The molecule has 6 aromatic carbocycles. The van der Waals surface area contributed by atoms with E-state index in [-0.39, 0.29) is 5.41 Å². The molecule has 2 aliphatic heterocycles. The maximum atomic E-state index is 6.59. The number of rotatable bonds is 4. The van der Waals surface area contributed by atoms with Crippen molar-refractivity contribution in [3.05, 3.63) is 157 Å². The van der Waals surface area contributed by atoms with Crippen LogP contribution in [0.2, 0.25) is 0 Å². The summed E-state index contributed by atoms with van der Waals surface area (Å²) in [6.07, 6.45) is 0. The second-order valence-electron chi connectivity index (χ2n) is 11.4. The van der Waals surface area contributed by atoms with Gasteiger partial charge < -0.3 is 14.5 Å². The third kappa shape index (κ3) is 3.60. The second-order valence-corrected chi connectivity index (χ2v) is 11.4. The number of nitrogens with zero attached hydrogens (tertiary/aromatic N) is 2. The van der Waals surface area contributed by atoms with Crippen LogP contribution in [-0.2, 0) is 5.41 Å². The molecule has 3 nitrogen and oxygen atoms in total. The zero-order valence-electron chi connectivity index (χ0n) is 23.7. The van der Waals surface area contributed by atoms with Gasteiger partial charge in [0.1, 0.15) is 0 Å². The highest BCUT2D eigenvalue weighted by molar-refractivity contribution is 5.99. The molecule has 0 saturated heterocycles. The molecule has 0 saturated carbocycles. The van der Waals surface area contributed by atoms with E-state index in [1.807, 2.05) is 6.07 Å². The summed E-state index contributed by atoms with van der Waals surface area (Å²) in [7, 11) is 0. The highest BCUT2D eigenvalue weighted by Crippen LogP contribution is 2.63. The number of hydrogen-bond acceptors (Lipinski definition) is 3. The number of ether oxygens (including phenoxy) is 1. The predicted octanol–water partition coefficient (Wildman–Crippen LogP) is 11.0. The van der Waals surface area contributed by atoms with Crippen molar-refractivity contribution in [2.45, 2.75) is 19.3 Å². The Kier molecular flexibility index (Phi) is 5.48. The van der Waals surface area contributed by atoms with Crippen LogP contribution in [-0.4, -0.2) is 0 Å². The van der Waals surface area contributed by atoms with Crippen molar-refractivity contribution >= 4 is 34.1 Å². The summed E-state index contributed by atoms with van der Waals surface area (Å²) >= 11 is 0. The number of para-hydroxylation sites is 4. The highest BCUT2D eigenvalue weighted by atomic mass is 16.5. The van der Waals surface area contributed by atoms with Gasteiger partial charge in [0, 0.05) is 22.4 Å². The van der Waals surface area contributed by atoms with Crippen molar-refractivity contribution < 1.29 is 4.74 Å². The summed E-state index contributed by atoms with van der Waals surface area (Å²) in [5, 5.41) is 0. The second kappa shape index (κ2) is 9.39. The van der Waals surface area contributed by atoms with Crippen LogP contribution in [0.4, 0.5) is 34.1 Å². The molecule has 0 fully saturated rings. The first-order valence-corrected chi connectivity index (χ1v) is 14.5. The zero-order chi connectivity index (χ0) is 28.3. The molecule has 2 aliphatic rings. The fourth-order valence-electron chi connectivity index (χ4n) is 6.83. The lowest BCUT2D eigenvalue weighted by Crippen LogP contribution is -2.34. The summed E-state index contributed by atoms with van der Waals surface area (Å²) < 4.78 is 6.59. The van der Waals surface area contributed by atoms with E-state index in [2.05, 4.69) is 163 Å². The third-order valence-corrected chi connectivity index (χ3v) is 8.56. The van der Waals surface area contributed by atoms with Crippen LogP contribution in [0.5, 0.6) is 11.5 Å². The van der Waals surface area contributed by atoms with Crippen LogP contribution < -0.4 is 14.5 Å². The molecule has 0 N–H and O–H groups in total. The molecule has 0 spiro atoms. The van der Waals surface area contributed by atoms with Crippen molar-refractivity contribution in [1.29, 1.82) is 0 Å². The van der Waals surface area contributed by atoms with Gasteiger partial charge >= 0.3 is 0 Å². The molecule has 6 aromatic rings. The fourth-order valence-corrected chi connectivity index (χ4v) is 6.83. The molecule has 0 radical (unpaired) electrons. The van der Waals surface area contributed by atoms with Gasteiger partial charge in [-0.1, -0.05) is 105 Å². The van der Waals surface area contributed by atoms with Gasteiger partial charge in [-0.2, -0.15) is 0 Å². The number of hydrogen-bond donors (Lipinski definition) is 0.